The van der Waals surface area contributed by atoms with Crippen LogP contribution in [0.1, 0.15) is 64.0 Å². The van der Waals surface area contributed by atoms with E-state index in [9.17, 15) is 9.59 Å². The summed E-state index contributed by atoms with van der Waals surface area (Å²) in [7, 11) is 0. The van der Waals surface area contributed by atoms with Crippen LogP contribution in [0.4, 0.5) is 0 Å². The second kappa shape index (κ2) is 8.67. The molecule has 0 unspecified atom stereocenters. The largest absolute Gasteiger partial charge is 0.351 e. The summed E-state index contributed by atoms with van der Waals surface area (Å²) in [4.78, 5) is 30.4. The van der Waals surface area contributed by atoms with Gasteiger partial charge in [-0.15, -0.1) is 11.3 Å². The van der Waals surface area contributed by atoms with Gasteiger partial charge in [-0.3, -0.25) is 9.59 Å². The highest BCUT2D eigenvalue weighted by Crippen LogP contribution is 2.47. The van der Waals surface area contributed by atoms with Gasteiger partial charge in [0.15, 0.2) is 0 Å². The van der Waals surface area contributed by atoms with E-state index in [1.54, 1.807) is 11.3 Å². The molecule has 2 aliphatic rings. The molecule has 2 amide bonds. The molecule has 5 heteroatoms. The topological polar surface area (TPSA) is 49.4 Å². The number of nitrogens with one attached hydrogen (secondary N) is 1. The fraction of sp³-hybridized carbons (Fsp3) is 0.308. The SMILES string of the molecule is O=C(NCc1ccccc1)[C@H]1c2ccccc2C(=O)N(C2CCCC2)[C@H]1c1cccs1. The first-order valence-corrected chi connectivity index (χ1v) is 11.9. The first kappa shape index (κ1) is 20.0. The Morgan fingerprint density at radius 1 is 0.968 bits per heavy atom. The summed E-state index contributed by atoms with van der Waals surface area (Å²) >= 11 is 1.63. The first-order valence-electron chi connectivity index (χ1n) is 11.0. The molecule has 2 atom stereocenters. The predicted molar refractivity (Wildman–Crippen MR) is 123 cm³/mol. The van der Waals surface area contributed by atoms with Crippen molar-refractivity contribution in [3.63, 3.8) is 0 Å². The van der Waals surface area contributed by atoms with Gasteiger partial charge < -0.3 is 10.2 Å². The van der Waals surface area contributed by atoms with Gasteiger partial charge in [0.05, 0.1) is 12.0 Å². The number of carbonyl (C=O) groups excluding carboxylic acids is 2. The van der Waals surface area contributed by atoms with Crippen molar-refractivity contribution in [2.45, 2.75) is 50.2 Å². The monoisotopic (exact) mass is 430 g/mol. The van der Waals surface area contributed by atoms with E-state index in [1.165, 1.54) is 0 Å². The fourth-order valence-electron chi connectivity index (χ4n) is 5.07. The molecule has 3 aromatic rings. The molecule has 1 fully saturated rings. The lowest BCUT2D eigenvalue weighted by Crippen LogP contribution is -2.50. The molecule has 1 aromatic heterocycles. The molecule has 2 heterocycles. The third kappa shape index (κ3) is 3.79. The highest BCUT2D eigenvalue weighted by molar-refractivity contribution is 7.10. The second-order valence-electron chi connectivity index (χ2n) is 8.38. The van der Waals surface area contributed by atoms with Crippen molar-refractivity contribution in [2.75, 3.05) is 0 Å². The Bertz CT molecular complexity index is 1060. The zero-order valence-corrected chi connectivity index (χ0v) is 18.2. The van der Waals surface area contributed by atoms with Crippen molar-refractivity contribution in [3.8, 4) is 0 Å². The van der Waals surface area contributed by atoms with Crippen LogP contribution in [0.25, 0.3) is 0 Å². The van der Waals surface area contributed by atoms with Gasteiger partial charge in [0, 0.05) is 23.0 Å². The van der Waals surface area contributed by atoms with E-state index < -0.39 is 5.92 Å². The molecule has 2 aromatic carbocycles. The molecule has 31 heavy (non-hydrogen) atoms. The Kier molecular flexibility index (Phi) is 5.60. The molecule has 1 aliphatic heterocycles. The Hall–Kier alpha value is -2.92. The number of benzene rings is 2. The number of fused-ring (bicyclic) bond motifs is 1. The summed E-state index contributed by atoms with van der Waals surface area (Å²) in [5, 5.41) is 5.19. The maximum absolute atomic E-state index is 13.7. The van der Waals surface area contributed by atoms with Gasteiger partial charge in [-0.1, -0.05) is 67.4 Å². The molecule has 0 spiro atoms. The van der Waals surface area contributed by atoms with E-state index in [4.69, 9.17) is 0 Å². The number of thiophene rings is 1. The van der Waals surface area contributed by atoms with Crippen molar-refractivity contribution < 1.29 is 9.59 Å². The zero-order chi connectivity index (χ0) is 21.2. The van der Waals surface area contributed by atoms with Gasteiger partial charge in [-0.25, -0.2) is 0 Å². The van der Waals surface area contributed by atoms with Gasteiger partial charge >= 0.3 is 0 Å². The minimum atomic E-state index is -0.420. The number of amides is 2. The van der Waals surface area contributed by atoms with Crippen LogP contribution in [-0.2, 0) is 11.3 Å². The quantitative estimate of drug-likeness (QED) is 0.598. The minimum absolute atomic E-state index is 0.0230. The predicted octanol–water partition coefficient (Wildman–Crippen LogP) is 5.29. The van der Waals surface area contributed by atoms with E-state index in [-0.39, 0.29) is 23.9 Å². The van der Waals surface area contributed by atoms with Crippen LogP contribution in [0.3, 0.4) is 0 Å². The van der Waals surface area contributed by atoms with Gasteiger partial charge in [0.2, 0.25) is 5.91 Å². The van der Waals surface area contributed by atoms with E-state index in [0.717, 1.165) is 41.7 Å². The molecular weight excluding hydrogens is 404 g/mol. The van der Waals surface area contributed by atoms with Crippen LogP contribution in [0, 0.1) is 0 Å². The van der Waals surface area contributed by atoms with Crippen molar-refractivity contribution in [1.29, 1.82) is 0 Å². The van der Waals surface area contributed by atoms with Gasteiger partial charge in [0.25, 0.3) is 5.91 Å². The lowest BCUT2D eigenvalue weighted by atomic mass is 9.80. The first-order chi connectivity index (χ1) is 15.2. The number of hydrogen-bond donors (Lipinski definition) is 1. The highest BCUT2D eigenvalue weighted by atomic mass is 32.1. The summed E-state index contributed by atoms with van der Waals surface area (Å²) in [6, 6.07) is 21.6. The molecule has 4 nitrogen and oxygen atoms in total. The van der Waals surface area contributed by atoms with Crippen LogP contribution in [0.2, 0.25) is 0 Å². The molecule has 1 N–H and O–H groups in total. The fourth-order valence-corrected chi connectivity index (χ4v) is 5.94. The van der Waals surface area contributed by atoms with Gasteiger partial charge in [-0.2, -0.15) is 0 Å². The summed E-state index contributed by atoms with van der Waals surface area (Å²) in [6.45, 7) is 0.479. The highest BCUT2D eigenvalue weighted by Gasteiger charge is 2.47. The normalized spacial score (nSPS) is 21.2. The Morgan fingerprint density at radius 2 is 1.71 bits per heavy atom. The molecule has 0 saturated heterocycles. The third-order valence-corrected chi connectivity index (χ3v) is 7.46. The van der Waals surface area contributed by atoms with Crippen molar-refractivity contribution in [3.05, 3.63) is 93.7 Å². The smallest absolute Gasteiger partial charge is 0.254 e. The summed E-state index contributed by atoms with van der Waals surface area (Å²) in [6.07, 6.45) is 4.29. The Morgan fingerprint density at radius 3 is 2.45 bits per heavy atom. The average Bonchev–Trinajstić information content (AvgIpc) is 3.52. The molecule has 5 rings (SSSR count). The standard InChI is InChI=1S/C26H26N2O2S/c29-25(27-17-18-9-2-1-3-10-18)23-20-13-6-7-14-21(20)26(30)28(19-11-4-5-12-19)24(23)22-15-8-16-31-22/h1-3,6-10,13-16,19,23-24H,4-5,11-12,17H2,(H,27,29)/t23-,24-/m0/s1. The molecule has 0 radical (unpaired) electrons. The second-order valence-corrected chi connectivity index (χ2v) is 9.36. The summed E-state index contributed by atoms with van der Waals surface area (Å²) < 4.78 is 0. The van der Waals surface area contributed by atoms with Crippen LogP contribution in [0.15, 0.2) is 72.1 Å². The zero-order valence-electron chi connectivity index (χ0n) is 17.4. The van der Waals surface area contributed by atoms with Crippen LogP contribution in [0.5, 0.6) is 0 Å². The van der Waals surface area contributed by atoms with Crippen LogP contribution < -0.4 is 5.32 Å². The molecule has 1 saturated carbocycles. The molecular formula is C26H26N2O2S. The average molecular weight is 431 g/mol. The van der Waals surface area contributed by atoms with Crippen LogP contribution in [-0.4, -0.2) is 22.8 Å². The third-order valence-electron chi connectivity index (χ3n) is 6.52. The van der Waals surface area contributed by atoms with E-state index in [0.29, 0.717) is 12.1 Å². The lowest BCUT2D eigenvalue weighted by molar-refractivity contribution is -0.124. The number of carbonyl (C=O) groups is 2. The van der Waals surface area contributed by atoms with Crippen molar-refractivity contribution in [2.24, 2.45) is 0 Å². The Balaban J connectivity index is 1.56. The minimum Gasteiger partial charge on any atom is -0.351 e. The van der Waals surface area contributed by atoms with Gasteiger partial charge in [0.1, 0.15) is 0 Å². The summed E-state index contributed by atoms with van der Waals surface area (Å²) in [5.41, 5.74) is 2.57. The molecule has 0 bridgehead atoms. The van der Waals surface area contributed by atoms with Crippen molar-refractivity contribution in [1.82, 2.24) is 10.2 Å². The maximum atomic E-state index is 13.7. The van der Waals surface area contributed by atoms with Crippen LogP contribution >= 0.6 is 11.3 Å². The summed E-state index contributed by atoms with van der Waals surface area (Å²) in [5.74, 6) is -0.380. The maximum Gasteiger partial charge on any atom is 0.254 e. The number of nitrogens with zero attached hydrogens (tertiary/aromatic N) is 1. The number of hydrogen-bond acceptors (Lipinski definition) is 3. The van der Waals surface area contributed by atoms with Crippen molar-refractivity contribution >= 4 is 23.2 Å². The van der Waals surface area contributed by atoms with E-state index >= 15 is 0 Å². The molecule has 1 aliphatic carbocycles. The van der Waals surface area contributed by atoms with E-state index in [2.05, 4.69) is 11.4 Å². The van der Waals surface area contributed by atoms with E-state index in [1.807, 2.05) is 70.9 Å². The number of rotatable bonds is 5. The molecule has 158 valence electrons. The lowest BCUT2D eigenvalue weighted by Gasteiger charge is -2.44. The Labute approximate surface area is 186 Å². The van der Waals surface area contributed by atoms with Gasteiger partial charge in [-0.05, 0) is 41.5 Å².